The number of esters is 1. The first-order chi connectivity index (χ1) is 9.99. The number of ketones is 1. The molecule has 1 aliphatic carbocycles. The zero-order valence-corrected chi connectivity index (χ0v) is 13.4. The topological polar surface area (TPSA) is 52.6 Å². The molecule has 1 aromatic rings. The predicted molar refractivity (Wildman–Crippen MR) is 80.4 cm³/mol. The molecule has 1 atom stereocenters. The van der Waals surface area contributed by atoms with E-state index in [0.717, 1.165) is 12.0 Å². The van der Waals surface area contributed by atoms with Gasteiger partial charge in [-0.3, -0.25) is 4.79 Å². The average Bonchev–Trinajstić information content (AvgIpc) is 2.78. The minimum absolute atomic E-state index is 0.0244. The van der Waals surface area contributed by atoms with Crippen molar-refractivity contribution in [2.75, 3.05) is 13.2 Å². The first kappa shape index (κ1) is 16.1. The Hall–Kier alpha value is -1.26. The van der Waals surface area contributed by atoms with Gasteiger partial charge >= 0.3 is 5.97 Å². The van der Waals surface area contributed by atoms with Gasteiger partial charge in [0.05, 0.1) is 11.6 Å². The van der Waals surface area contributed by atoms with Crippen molar-refractivity contribution in [3.63, 3.8) is 0 Å². The molecule has 0 bridgehead atoms. The number of carbonyl (C=O) groups excluding carboxylic acids is 2. The third kappa shape index (κ3) is 3.16. The summed E-state index contributed by atoms with van der Waals surface area (Å²) in [5.74, 6) is -0.212. The summed E-state index contributed by atoms with van der Waals surface area (Å²) in [4.78, 5) is 23.5. The molecule has 0 aromatic heterocycles. The lowest BCUT2D eigenvalue weighted by atomic mass is 10.0. The summed E-state index contributed by atoms with van der Waals surface area (Å²) in [7, 11) is 0. The summed E-state index contributed by atoms with van der Waals surface area (Å²) in [5.41, 5.74) is 1.30. The van der Waals surface area contributed by atoms with E-state index >= 15 is 0 Å². The SMILES string of the molecule is CCOC(=O)COc1cc2c(c(Cl)c1Cl)C(=O)C(CC)C2. The van der Waals surface area contributed by atoms with Crippen molar-refractivity contribution in [2.24, 2.45) is 5.92 Å². The minimum atomic E-state index is -0.479. The Balaban J connectivity index is 2.25. The van der Waals surface area contributed by atoms with Crippen LogP contribution in [0.4, 0.5) is 0 Å². The first-order valence-electron chi connectivity index (χ1n) is 6.83. The number of fused-ring (bicyclic) bond motifs is 1. The largest absolute Gasteiger partial charge is 0.480 e. The van der Waals surface area contributed by atoms with Gasteiger partial charge in [-0.2, -0.15) is 0 Å². The Morgan fingerprint density at radius 2 is 2.05 bits per heavy atom. The maximum absolute atomic E-state index is 12.2. The van der Waals surface area contributed by atoms with Crippen LogP contribution < -0.4 is 4.74 Å². The van der Waals surface area contributed by atoms with Crippen LogP contribution in [0.5, 0.6) is 5.75 Å². The summed E-state index contributed by atoms with van der Waals surface area (Å²) in [5, 5.41) is 0.360. The van der Waals surface area contributed by atoms with Gasteiger partial charge in [-0.1, -0.05) is 30.1 Å². The fourth-order valence-corrected chi connectivity index (χ4v) is 2.93. The number of rotatable bonds is 5. The minimum Gasteiger partial charge on any atom is -0.480 e. The third-order valence-corrected chi connectivity index (χ3v) is 4.33. The van der Waals surface area contributed by atoms with Gasteiger partial charge < -0.3 is 9.47 Å². The van der Waals surface area contributed by atoms with Crippen molar-refractivity contribution in [1.82, 2.24) is 0 Å². The molecule has 0 saturated carbocycles. The zero-order chi connectivity index (χ0) is 15.6. The van der Waals surface area contributed by atoms with Gasteiger partial charge in [-0.25, -0.2) is 4.79 Å². The van der Waals surface area contributed by atoms with Gasteiger partial charge in [0.15, 0.2) is 12.4 Å². The second-order valence-corrected chi connectivity index (χ2v) is 5.56. The summed E-state index contributed by atoms with van der Waals surface area (Å²) >= 11 is 12.3. The maximum Gasteiger partial charge on any atom is 0.344 e. The van der Waals surface area contributed by atoms with Crippen molar-refractivity contribution in [2.45, 2.75) is 26.7 Å². The van der Waals surface area contributed by atoms with Gasteiger partial charge in [0.1, 0.15) is 10.8 Å². The maximum atomic E-state index is 12.2. The normalized spacial score (nSPS) is 16.8. The lowest BCUT2D eigenvalue weighted by molar-refractivity contribution is -0.145. The highest BCUT2D eigenvalue weighted by Gasteiger charge is 2.33. The van der Waals surface area contributed by atoms with E-state index in [2.05, 4.69) is 0 Å². The lowest BCUT2D eigenvalue weighted by Crippen LogP contribution is -2.15. The monoisotopic (exact) mass is 330 g/mol. The van der Waals surface area contributed by atoms with Crippen LogP contribution in [0.15, 0.2) is 6.07 Å². The molecule has 0 heterocycles. The number of hydrogen-bond acceptors (Lipinski definition) is 4. The van der Waals surface area contributed by atoms with Crippen LogP contribution in [-0.2, 0) is 16.0 Å². The molecule has 6 heteroatoms. The van der Waals surface area contributed by atoms with Gasteiger partial charge in [0.2, 0.25) is 0 Å². The number of benzene rings is 1. The Morgan fingerprint density at radius 1 is 1.33 bits per heavy atom. The van der Waals surface area contributed by atoms with Gasteiger partial charge in [-0.15, -0.1) is 0 Å². The molecule has 0 aliphatic heterocycles. The van der Waals surface area contributed by atoms with E-state index in [9.17, 15) is 9.59 Å². The molecule has 0 saturated heterocycles. The van der Waals surface area contributed by atoms with Crippen molar-refractivity contribution < 1.29 is 19.1 Å². The molecular weight excluding hydrogens is 315 g/mol. The van der Waals surface area contributed by atoms with Crippen LogP contribution in [0.3, 0.4) is 0 Å². The summed E-state index contributed by atoms with van der Waals surface area (Å²) in [6.45, 7) is 3.72. The highest BCUT2D eigenvalue weighted by molar-refractivity contribution is 6.45. The third-order valence-electron chi connectivity index (χ3n) is 3.48. The van der Waals surface area contributed by atoms with Crippen molar-refractivity contribution >= 4 is 35.0 Å². The first-order valence-corrected chi connectivity index (χ1v) is 7.58. The van der Waals surface area contributed by atoms with Gasteiger partial charge in [0, 0.05) is 11.5 Å². The fraction of sp³-hybridized carbons (Fsp3) is 0.467. The quantitative estimate of drug-likeness (QED) is 0.772. The van der Waals surface area contributed by atoms with E-state index in [1.54, 1.807) is 13.0 Å². The van der Waals surface area contributed by atoms with E-state index < -0.39 is 5.97 Å². The molecule has 2 rings (SSSR count). The van der Waals surface area contributed by atoms with Gasteiger partial charge in [0.25, 0.3) is 0 Å². The number of Topliss-reactive ketones (excluding diaryl/α,β-unsaturated/α-hetero) is 1. The predicted octanol–water partition coefficient (Wildman–Crippen LogP) is 3.70. The van der Waals surface area contributed by atoms with Crippen LogP contribution in [0.25, 0.3) is 0 Å². The molecule has 0 spiro atoms. The molecule has 4 nitrogen and oxygen atoms in total. The van der Waals surface area contributed by atoms with Gasteiger partial charge in [-0.05, 0) is 31.4 Å². The van der Waals surface area contributed by atoms with Crippen LogP contribution in [-0.4, -0.2) is 25.0 Å². The van der Waals surface area contributed by atoms with Crippen LogP contribution >= 0.6 is 23.2 Å². The molecule has 114 valence electrons. The molecule has 21 heavy (non-hydrogen) atoms. The Labute approximate surface area is 133 Å². The molecule has 0 N–H and O–H groups in total. The second kappa shape index (κ2) is 6.67. The number of halogens is 2. The molecular formula is C15H16Cl2O4. The van der Waals surface area contributed by atoms with E-state index in [0.29, 0.717) is 17.7 Å². The highest BCUT2D eigenvalue weighted by atomic mass is 35.5. The van der Waals surface area contributed by atoms with E-state index in [1.165, 1.54) is 0 Å². The molecule has 1 aliphatic rings. The van der Waals surface area contributed by atoms with Crippen molar-refractivity contribution in [3.8, 4) is 5.75 Å². The highest BCUT2D eigenvalue weighted by Crippen LogP contribution is 2.42. The summed E-state index contributed by atoms with van der Waals surface area (Å²) < 4.78 is 10.1. The van der Waals surface area contributed by atoms with Crippen LogP contribution in [0, 0.1) is 5.92 Å². The van der Waals surface area contributed by atoms with Crippen molar-refractivity contribution in [3.05, 3.63) is 27.2 Å². The molecule has 0 amide bonds. The number of hydrogen-bond donors (Lipinski definition) is 0. The number of carbonyl (C=O) groups is 2. The Kier molecular flexibility index (Phi) is 5.12. The van der Waals surface area contributed by atoms with E-state index in [-0.39, 0.29) is 35.0 Å². The number of ether oxygens (including phenoxy) is 2. The van der Waals surface area contributed by atoms with Crippen LogP contribution in [0.2, 0.25) is 10.0 Å². The molecule has 1 unspecified atom stereocenters. The Morgan fingerprint density at radius 3 is 2.67 bits per heavy atom. The molecule has 1 aromatic carbocycles. The van der Waals surface area contributed by atoms with Crippen LogP contribution in [0.1, 0.15) is 36.2 Å². The lowest BCUT2D eigenvalue weighted by Gasteiger charge is -2.11. The molecule has 0 radical (unpaired) electrons. The molecule has 0 fully saturated rings. The fourth-order valence-electron chi connectivity index (χ4n) is 2.42. The summed E-state index contributed by atoms with van der Waals surface area (Å²) in [6.07, 6.45) is 1.37. The average molecular weight is 331 g/mol. The smallest absolute Gasteiger partial charge is 0.344 e. The zero-order valence-electron chi connectivity index (χ0n) is 11.9. The second-order valence-electron chi connectivity index (χ2n) is 4.80. The standard InChI is InChI=1S/C15H16Cl2O4/c1-3-8-5-9-6-10(21-7-11(18)20-4-2)13(16)14(17)12(9)15(8)19/h6,8H,3-5,7H2,1-2H3. The van der Waals surface area contributed by atoms with E-state index in [4.69, 9.17) is 32.7 Å². The summed E-state index contributed by atoms with van der Waals surface area (Å²) in [6, 6.07) is 1.69. The van der Waals surface area contributed by atoms with Crippen molar-refractivity contribution in [1.29, 1.82) is 0 Å². The Bertz CT molecular complexity index is 584. The van der Waals surface area contributed by atoms with E-state index in [1.807, 2.05) is 6.92 Å².